The minimum Gasteiger partial charge on any atom is -0.354 e. The topological polar surface area (TPSA) is 55.1 Å². The Balaban J connectivity index is 1.88. The third-order valence-electron chi connectivity index (χ3n) is 4.42. The minimum absolute atomic E-state index is 0.0202. The predicted octanol–water partition coefficient (Wildman–Crippen LogP) is 2.81. The van der Waals surface area contributed by atoms with Crippen LogP contribution in [0.25, 0.3) is 0 Å². The van der Waals surface area contributed by atoms with Crippen LogP contribution in [0.4, 0.5) is 0 Å². The van der Waals surface area contributed by atoms with Crippen LogP contribution in [0.15, 0.2) is 30.3 Å². The second-order valence-corrected chi connectivity index (χ2v) is 6.38. The van der Waals surface area contributed by atoms with Gasteiger partial charge in [0, 0.05) is 6.54 Å². The summed E-state index contributed by atoms with van der Waals surface area (Å²) in [6.07, 6.45) is 3.85. The van der Waals surface area contributed by atoms with Crippen molar-refractivity contribution >= 4 is 5.91 Å². The van der Waals surface area contributed by atoms with Gasteiger partial charge in [0.25, 0.3) is 0 Å². The first-order chi connectivity index (χ1) is 9.51. The molecule has 1 aromatic carbocycles. The third kappa shape index (κ3) is 3.60. The predicted molar refractivity (Wildman–Crippen MR) is 82.4 cm³/mol. The van der Waals surface area contributed by atoms with Crippen LogP contribution < -0.4 is 11.1 Å². The van der Waals surface area contributed by atoms with E-state index in [1.54, 1.807) is 0 Å². The summed E-state index contributed by atoms with van der Waals surface area (Å²) in [5.41, 5.74) is 6.89. The molecule has 1 aliphatic carbocycles. The summed E-state index contributed by atoms with van der Waals surface area (Å²) in [6, 6.07) is 10.3. The molecule has 0 bridgehead atoms. The van der Waals surface area contributed by atoms with Crippen molar-refractivity contribution in [3.63, 3.8) is 0 Å². The highest BCUT2D eigenvalue weighted by Crippen LogP contribution is 2.30. The number of rotatable bonds is 4. The molecule has 0 heterocycles. The Kier molecular flexibility index (Phi) is 4.81. The molecular formula is C17H26N2O. The van der Waals surface area contributed by atoms with Gasteiger partial charge >= 0.3 is 0 Å². The standard InChI is InChI=1S/C17H26N2O/c1-13-7-6-10-17(18,11-13)16(20)19-12-14(2)15-8-4-3-5-9-15/h3-5,8-9,13-14H,6-7,10-12,18H2,1-2H3,(H,19,20). The van der Waals surface area contributed by atoms with Crippen LogP contribution in [0.5, 0.6) is 0 Å². The van der Waals surface area contributed by atoms with Gasteiger partial charge < -0.3 is 11.1 Å². The van der Waals surface area contributed by atoms with Gasteiger partial charge in [-0.3, -0.25) is 4.79 Å². The summed E-state index contributed by atoms with van der Waals surface area (Å²) in [7, 11) is 0. The van der Waals surface area contributed by atoms with Crippen LogP contribution in [-0.2, 0) is 4.79 Å². The number of benzene rings is 1. The van der Waals surface area contributed by atoms with Gasteiger partial charge in [-0.15, -0.1) is 0 Å². The second kappa shape index (κ2) is 6.40. The van der Waals surface area contributed by atoms with Gasteiger partial charge in [0.15, 0.2) is 0 Å². The van der Waals surface area contributed by atoms with E-state index in [2.05, 4.69) is 31.3 Å². The highest BCUT2D eigenvalue weighted by molar-refractivity contribution is 5.86. The lowest BCUT2D eigenvalue weighted by Crippen LogP contribution is -2.56. The van der Waals surface area contributed by atoms with E-state index in [0.717, 1.165) is 19.3 Å². The number of hydrogen-bond donors (Lipinski definition) is 2. The third-order valence-corrected chi connectivity index (χ3v) is 4.42. The monoisotopic (exact) mass is 274 g/mol. The quantitative estimate of drug-likeness (QED) is 0.887. The first-order valence-electron chi connectivity index (χ1n) is 7.63. The summed E-state index contributed by atoms with van der Waals surface area (Å²) in [6.45, 7) is 4.96. The average molecular weight is 274 g/mol. The van der Waals surface area contributed by atoms with E-state index in [1.165, 1.54) is 12.0 Å². The zero-order valence-electron chi connectivity index (χ0n) is 12.6. The molecule has 1 aliphatic rings. The van der Waals surface area contributed by atoms with Gasteiger partial charge in [-0.1, -0.05) is 57.0 Å². The summed E-state index contributed by atoms with van der Waals surface area (Å²) >= 11 is 0. The van der Waals surface area contributed by atoms with Crippen LogP contribution in [0.2, 0.25) is 0 Å². The lowest BCUT2D eigenvalue weighted by Gasteiger charge is -2.35. The average Bonchev–Trinajstić information content (AvgIpc) is 2.45. The van der Waals surface area contributed by atoms with Crippen LogP contribution in [-0.4, -0.2) is 18.0 Å². The Morgan fingerprint density at radius 2 is 2.15 bits per heavy atom. The molecule has 0 aliphatic heterocycles. The van der Waals surface area contributed by atoms with Crippen LogP contribution >= 0.6 is 0 Å². The molecule has 0 saturated heterocycles. The molecule has 3 nitrogen and oxygen atoms in total. The normalized spacial score (nSPS) is 27.9. The fourth-order valence-electron chi connectivity index (χ4n) is 3.12. The summed E-state index contributed by atoms with van der Waals surface area (Å²) in [4.78, 5) is 12.4. The van der Waals surface area contributed by atoms with Gasteiger partial charge in [0.1, 0.15) is 0 Å². The first-order valence-corrected chi connectivity index (χ1v) is 7.63. The largest absolute Gasteiger partial charge is 0.354 e. The lowest BCUT2D eigenvalue weighted by atomic mass is 9.76. The van der Waals surface area contributed by atoms with Crippen molar-refractivity contribution in [2.24, 2.45) is 11.7 Å². The van der Waals surface area contributed by atoms with Crippen molar-refractivity contribution < 1.29 is 4.79 Å². The van der Waals surface area contributed by atoms with Crippen molar-refractivity contribution in [1.29, 1.82) is 0 Å². The highest BCUT2D eigenvalue weighted by atomic mass is 16.2. The van der Waals surface area contributed by atoms with Crippen molar-refractivity contribution in [3.8, 4) is 0 Å². The van der Waals surface area contributed by atoms with Gasteiger partial charge in [-0.05, 0) is 30.2 Å². The molecule has 1 saturated carbocycles. The molecule has 0 spiro atoms. The van der Waals surface area contributed by atoms with E-state index in [0.29, 0.717) is 18.4 Å². The Labute approximate surface area is 121 Å². The van der Waals surface area contributed by atoms with E-state index in [1.807, 2.05) is 18.2 Å². The van der Waals surface area contributed by atoms with Crippen LogP contribution in [0.1, 0.15) is 51.0 Å². The number of carbonyl (C=O) groups excluding carboxylic acids is 1. The number of nitrogens with one attached hydrogen (secondary N) is 1. The van der Waals surface area contributed by atoms with Gasteiger partial charge in [0.2, 0.25) is 5.91 Å². The van der Waals surface area contributed by atoms with Crippen LogP contribution in [0, 0.1) is 5.92 Å². The smallest absolute Gasteiger partial charge is 0.240 e. The number of amides is 1. The maximum atomic E-state index is 12.4. The van der Waals surface area contributed by atoms with E-state index in [-0.39, 0.29) is 5.91 Å². The summed E-state index contributed by atoms with van der Waals surface area (Å²) in [5, 5.41) is 3.05. The molecule has 3 heteroatoms. The molecule has 0 aromatic heterocycles. The SMILES string of the molecule is CC1CCCC(N)(C(=O)NCC(C)c2ccccc2)C1. The highest BCUT2D eigenvalue weighted by Gasteiger charge is 2.37. The van der Waals surface area contributed by atoms with Crippen molar-refractivity contribution in [1.82, 2.24) is 5.32 Å². The van der Waals surface area contributed by atoms with E-state index < -0.39 is 5.54 Å². The molecule has 1 fully saturated rings. The minimum atomic E-state index is -0.659. The molecule has 3 N–H and O–H groups in total. The molecular weight excluding hydrogens is 248 g/mol. The van der Waals surface area contributed by atoms with Crippen LogP contribution in [0.3, 0.4) is 0 Å². The Hall–Kier alpha value is -1.35. The molecule has 110 valence electrons. The van der Waals surface area contributed by atoms with Gasteiger partial charge in [-0.25, -0.2) is 0 Å². The molecule has 20 heavy (non-hydrogen) atoms. The number of nitrogens with two attached hydrogens (primary N) is 1. The molecule has 2 rings (SSSR count). The fourth-order valence-corrected chi connectivity index (χ4v) is 3.12. The summed E-state index contributed by atoms with van der Waals surface area (Å²) in [5.74, 6) is 0.877. The fraction of sp³-hybridized carbons (Fsp3) is 0.588. The summed E-state index contributed by atoms with van der Waals surface area (Å²) < 4.78 is 0. The molecule has 1 aromatic rings. The van der Waals surface area contributed by atoms with E-state index in [9.17, 15) is 4.79 Å². The van der Waals surface area contributed by atoms with Crippen molar-refractivity contribution in [2.75, 3.05) is 6.54 Å². The Bertz CT molecular complexity index is 446. The molecule has 3 unspecified atom stereocenters. The molecule has 0 radical (unpaired) electrons. The molecule has 1 amide bonds. The second-order valence-electron chi connectivity index (χ2n) is 6.38. The molecule has 3 atom stereocenters. The van der Waals surface area contributed by atoms with Crippen molar-refractivity contribution in [3.05, 3.63) is 35.9 Å². The van der Waals surface area contributed by atoms with E-state index in [4.69, 9.17) is 5.73 Å². The van der Waals surface area contributed by atoms with Gasteiger partial charge in [0.05, 0.1) is 5.54 Å². The van der Waals surface area contributed by atoms with E-state index >= 15 is 0 Å². The number of carbonyl (C=O) groups is 1. The Morgan fingerprint density at radius 3 is 2.80 bits per heavy atom. The maximum absolute atomic E-state index is 12.4. The lowest BCUT2D eigenvalue weighted by molar-refractivity contribution is -0.128. The maximum Gasteiger partial charge on any atom is 0.240 e. The Morgan fingerprint density at radius 1 is 1.45 bits per heavy atom. The zero-order chi connectivity index (χ0) is 14.6. The van der Waals surface area contributed by atoms with Gasteiger partial charge in [-0.2, -0.15) is 0 Å². The first kappa shape index (κ1) is 15.0. The number of hydrogen-bond acceptors (Lipinski definition) is 2. The zero-order valence-corrected chi connectivity index (χ0v) is 12.6. The van der Waals surface area contributed by atoms with Crippen molar-refractivity contribution in [2.45, 2.75) is 51.0 Å².